The van der Waals surface area contributed by atoms with E-state index in [1.807, 2.05) is 12.1 Å². The van der Waals surface area contributed by atoms with Crippen LogP contribution in [0.3, 0.4) is 0 Å². The molecule has 6 nitrogen and oxygen atoms in total. The van der Waals surface area contributed by atoms with E-state index in [1.54, 1.807) is 18.3 Å². The Kier molecular flexibility index (Phi) is 7.55. The summed E-state index contributed by atoms with van der Waals surface area (Å²) in [5.41, 5.74) is 3.17. The summed E-state index contributed by atoms with van der Waals surface area (Å²) in [7, 11) is 0. The monoisotopic (exact) mass is 482 g/mol. The minimum Gasteiger partial charge on any atom is -0.493 e. The van der Waals surface area contributed by atoms with Crippen LogP contribution in [0.25, 0.3) is 10.8 Å². The average molecular weight is 483 g/mol. The number of hydrogen-bond donors (Lipinski definition) is 2. The van der Waals surface area contributed by atoms with Crippen molar-refractivity contribution < 1.29 is 19.4 Å². The molecule has 0 saturated carbocycles. The molecule has 0 radical (unpaired) electrons. The van der Waals surface area contributed by atoms with Crippen LogP contribution < -0.4 is 10.1 Å². The number of aromatic nitrogens is 1. The zero-order chi connectivity index (χ0) is 24.7. The molecule has 1 aromatic heterocycles. The molecule has 1 fully saturated rings. The van der Waals surface area contributed by atoms with Crippen LogP contribution in [-0.4, -0.2) is 41.9 Å². The van der Waals surface area contributed by atoms with E-state index in [0.29, 0.717) is 31.2 Å². The lowest BCUT2D eigenvalue weighted by Crippen LogP contribution is -2.40. The number of nitrogens with zero attached hydrogens (tertiary/aromatic N) is 1. The molecule has 0 aliphatic carbocycles. The molecule has 1 aliphatic rings. The number of fused-ring (bicyclic) bond motifs is 1. The second-order valence-electron chi connectivity index (χ2n) is 9.10. The molecule has 3 aromatic carbocycles. The molecule has 0 spiro atoms. The van der Waals surface area contributed by atoms with Crippen LogP contribution >= 0.6 is 0 Å². The summed E-state index contributed by atoms with van der Waals surface area (Å²) in [5, 5.41) is 15.2. The van der Waals surface area contributed by atoms with E-state index in [-0.39, 0.29) is 11.7 Å². The summed E-state index contributed by atoms with van der Waals surface area (Å²) in [5.74, 6) is 0.100. The summed E-state index contributed by atoms with van der Waals surface area (Å²) in [6, 6.07) is 26.3. The first kappa shape index (κ1) is 24.0. The normalized spacial score (nSPS) is 17.7. The Morgan fingerprint density at radius 1 is 1.00 bits per heavy atom. The van der Waals surface area contributed by atoms with Crippen molar-refractivity contribution in [2.75, 3.05) is 19.7 Å². The molecule has 1 aliphatic heterocycles. The zero-order valence-corrected chi connectivity index (χ0v) is 20.1. The van der Waals surface area contributed by atoms with Gasteiger partial charge in [0.1, 0.15) is 5.75 Å². The third-order valence-corrected chi connectivity index (χ3v) is 6.74. The number of hydrogen-bond acceptors (Lipinski definition) is 5. The fourth-order valence-electron chi connectivity index (χ4n) is 4.83. The maximum absolute atomic E-state index is 11.4. The maximum Gasteiger partial charge on any atom is 0.337 e. The van der Waals surface area contributed by atoms with Crippen molar-refractivity contribution >= 4 is 16.7 Å². The highest BCUT2D eigenvalue weighted by Crippen LogP contribution is 2.30. The van der Waals surface area contributed by atoms with Crippen molar-refractivity contribution in [2.45, 2.75) is 31.5 Å². The van der Waals surface area contributed by atoms with Crippen molar-refractivity contribution in [1.82, 2.24) is 10.3 Å². The van der Waals surface area contributed by atoms with Gasteiger partial charge in [0.05, 0.1) is 30.6 Å². The van der Waals surface area contributed by atoms with Gasteiger partial charge in [-0.15, -0.1) is 0 Å². The Balaban J connectivity index is 1.18. The molecule has 4 aromatic rings. The van der Waals surface area contributed by atoms with Crippen LogP contribution in [0.2, 0.25) is 0 Å². The predicted molar refractivity (Wildman–Crippen MR) is 140 cm³/mol. The standard InChI is InChI=1S/C30H30N2O4/c33-30(34)27-6-3-15-32-28(27)14-17-35-25-11-9-23(10-12-25)26-13-16-31-19-29(26)36-20-21-7-8-22-4-1-2-5-24(22)18-21/h1-12,15,18,26,29,31H,13-14,16-17,19-20H2,(H,33,34). The lowest BCUT2D eigenvalue weighted by molar-refractivity contribution is 0.0106. The van der Waals surface area contributed by atoms with Crippen LogP contribution in [0.4, 0.5) is 0 Å². The molecule has 1 saturated heterocycles. The highest BCUT2D eigenvalue weighted by molar-refractivity contribution is 5.88. The van der Waals surface area contributed by atoms with Gasteiger partial charge in [-0.25, -0.2) is 4.79 Å². The molecular weight excluding hydrogens is 452 g/mol. The average Bonchev–Trinajstić information content (AvgIpc) is 2.92. The topological polar surface area (TPSA) is 80.7 Å². The molecule has 0 amide bonds. The zero-order valence-electron chi connectivity index (χ0n) is 20.1. The Hall–Kier alpha value is -3.74. The van der Waals surface area contributed by atoms with Crippen molar-refractivity contribution in [1.29, 1.82) is 0 Å². The van der Waals surface area contributed by atoms with Crippen LogP contribution in [0.1, 0.15) is 39.5 Å². The summed E-state index contributed by atoms with van der Waals surface area (Å²) in [6.07, 6.45) is 3.15. The van der Waals surface area contributed by atoms with Crippen LogP contribution in [0, 0.1) is 0 Å². The third kappa shape index (κ3) is 5.73. The van der Waals surface area contributed by atoms with Crippen molar-refractivity contribution in [3.05, 3.63) is 107 Å². The van der Waals surface area contributed by atoms with Gasteiger partial charge in [-0.3, -0.25) is 4.98 Å². The largest absolute Gasteiger partial charge is 0.493 e. The molecule has 6 heteroatoms. The lowest BCUT2D eigenvalue weighted by atomic mass is 9.87. The molecule has 184 valence electrons. The summed E-state index contributed by atoms with van der Waals surface area (Å²) in [6.45, 7) is 2.74. The van der Waals surface area contributed by atoms with Crippen LogP contribution in [0.5, 0.6) is 5.75 Å². The first-order valence-electron chi connectivity index (χ1n) is 12.4. The van der Waals surface area contributed by atoms with Crippen LogP contribution in [0.15, 0.2) is 85.1 Å². The van der Waals surface area contributed by atoms with Crippen molar-refractivity contribution in [2.24, 2.45) is 0 Å². The van der Waals surface area contributed by atoms with E-state index < -0.39 is 5.97 Å². The quantitative estimate of drug-likeness (QED) is 0.341. The molecule has 2 atom stereocenters. The minimum absolute atomic E-state index is 0.0931. The summed E-state index contributed by atoms with van der Waals surface area (Å²) >= 11 is 0. The first-order valence-corrected chi connectivity index (χ1v) is 12.4. The fourth-order valence-corrected chi connectivity index (χ4v) is 4.83. The number of carbonyl (C=O) groups is 1. The van der Waals surface area contributed by atoms with Gasteiger partial charge in [-0.05, 0) is 65.2 Å². The van der Waals surface area contributed by atoms with Gasteiger partial charge in [0, 0.05) is 25.1 Å². The first-order chi connectivity index (χ1) is 17.7. The molecule has 0 bridgehead atoms. The fraction of sp³-hybridized carbons (Fsp3) is 0.267. The maximum atomic E-state index is 11.4. The Morgan fingerprint density at radius 2 is 1.83 bits per heavy atom. The van der Waals surface area contributed by atoms with Gasteiger partial charge in [-0.1, -0.05) is 48.5 Å². The number of nitrogens with one attached hydrogen (secondary N) is 1. The van der Waals surface area contributed by atoms with E-state index in [0.717, 1.165) is 25.3 Å². The molecule has 5 rings (SSSR count). The second kappa shape index (κ2) is 11.3. The third-order valence-electron chi connectivity index (χ3n) is 6.74. The molecular formula is C30H30N2O4. The van der Waals surface area contributed by atoms with Crippen molar-refractivity contribution in [3.63, 3.8) is 0 Å². The second-order valence-corrected chi connectivity index (χ2v) is 9.10. The van der Waals surface area contributed by atoms with E-state index in [1.165, 1.54) is 21.9 Å². The minimum atomic E-state index is -0.971. The van der Waals surface area contributed by atoms with E-state index in [9.17, 15) is 9.90 Å². The number of carboxylic acid groups (broad SMARTS) is 1. The van der Waals surface area contributed by atoms with E-state index in [4.69, 9.17) is 9.47 Å². The van der Waals surface area contributed by atoms with Gasteiger partial charge in [-0.2, -0.15) is 0 Å². The molecule has 2 N–H and O–H groups in total. The van der Waals surface area contributed by atoms with Gasteiger partial charge in [0.25, 0.3) is 0 Å². The molecule has 2 heterocycles. The Bertz CT molecular complexity index is 1320. The highest BCUT2D eigenvalue weighted by Gasteiger charge is 2.27. The van der Waals surface area contributed by atoms with Crippen LogP contribution in [-0.2, 0) is 17.8 Å². The van der Waals surface area contributed by atoms with Gasteiger partial charge in [0.15, 0.2) is 0 Å². The predicted octanol–water partition coefficient (Wildman–Crippen LogP) is 5.22. The van der Waals surface area contributed by atoms with E-state index >= 15 is 0 Å². The number of ether oxygens (including phenoxy) is 2. The summed E-state index contributed by atoms with van der Waals surface area (Å²) in [4.78, 5) is 15.5. The lowest BCUT2D eigenvalue weighted by Gasteiger charge is -2.32. The van der Waals surface area contributed by atoms with Crippen molar-refractivity contribution in [3.8, 4) is 5.75 Å². The SMILES string of the molecule is O=C(O)c1cccnc1CCOc1ccc(C2CCNCC2OCc2ccc3ccccc3c2)cc1. The number of rotatable bonds is 9. The number of pyridine rings is 1. The van der Waals surface area contributed by atoms with Gasteiger partial charge < -0.3 is 19.9 Å². The van der Waals surface area contributed by atoms with Gasteiger partial charge in [0.2, 0.25) is 0 Å². The number of benzene rings is 3. The number of piperidine rings is 1. The highest BCUT2D eigenvalue weighted by atomic mass is 16.5. The molecule has 2 unspecified atom stereocenters. The molecule has 36 heavy (non-hydrogen) atoms. The number of aromatic carboxylic acids is 1. The Morgan fingerprint density at radius 3 is 2.67 bits per heavy atom. The number of carboxylic acids is 1. The van der Waals surface area contributed by atoms with E-state index in [2.05, 4.69) is 64.9 Å². The summed E-state index contributed by atoms with van der Waals surface area (Å²) < 4.78 is 12.3. The Labute approximate surface area is 210 Å². The van der Waals surface area contributed by atoms with Gasteiger partial charge >= 0.3 is 5.97 Å². The smallest absolute Gasteiger partial charge is 0.337 e.